The maximum Gasteiger partial charge on any atom is 0.407 e. The Kier molecular flexibility index (Phi) is 4.82. The van der Waals surface area contributed by atoms with Gasteiger partial charge in [-0.1, -0.05) is 23.7 Å². The average Bonchev–Trinajstić information content (AvgIpc) is 3.38. The van der Waals surface area contributed by atoms with Crippen LogP contribution < -0.4 is 11.1 Å². The molecule has 1 aliphatic heterocycles. The number of benzene rings is 1. The van der Waals surface area contributed by atoms with Gasteiger partial charge in [-0.05, 0) is 25.0 Å². The predicted octanol–water partition coefficient (Wildman–Crippen LogP) is 3.38. The van der Waals surface area contributed by atoms with Crippen LogP contribution in [0.2, 0.25) is 5.02 Å². The molecule has 32 heavy (non-hydrogen) atoms. The van der Waals surface area contributed by atoms with Crippen LogP contribution >= 0.6 is 11.6 Å². The number of nitrogen functional groups attached to an aromatic ring is 1. The molecular weight excluding hydrogens is 438 g/mol. The van der Waals surface area contributed by atoms with Crippen LogP contribution in [0.3, 0.4) is 0 Å². The number of nitrogens with zero attached hydrogens (tertiary/aromatic N) is 5. The smallest absolute Gasteiger partial charge is 0.407 e. The lowest BCUT2D eigenvalue weighted by Crippen LogP contribution is -2.40. The lowest BCUT2D eigenvalue weighted by atomic mass is 10.1. The number of carbonyl (C=O) groups excluding carboxylic acids is 1. The Morgan fingerprint density at radius 3 is 2.91 bits per heavy atom. The second-order valence-corrected chi connectivity index (χ2v) is 7.88. The summed E-state index contributed by atoms with van der Waals surface area (Å²) < 4.78 is 7.14. The summed E-state index contributed by atoms with van der Waals surface area (Å²) in [4.78, 5) is 34.2. The summed E-state index contributed by atoms with van der Waals surface area (Å²) in [6, 6.07) is 6.81. The molecule has 4 heterocycles. The Hall–Kier alpha value is -3.86. The van der Waals surface area contributed by atoms with Gasteiger partial charge < -0.3 is 20.2 Å². The number of pyridine rings is 1. The summed E-state index contributed by atoms with van der Waals surface area (Å²) >= 11 is 6.41. The second kappa shape index (κ2) is 7.68. The van der Waals surface area contributed by atoms with Crippen molar-refractivity contribution in [1.29, 1.82) is 0 Å². The number of rotatable bonds is 3. The van der Waals surface area contributed by atoms with Gasteiger partial charge in [-0.3, -0.25) is 14.8 Å². The van der Waals surface area contributed by atoms with E-state index in [0.717, 1.165) is 0 Å². The molecule has 1 fully saturated rings. The highest BCUT2D eigenvalue weighted by atomic mass is 35.5. The standard InChI is InChI=1S/C20H18ClN7O4/c21-11-8-23-17(22)14-15(18(29)25-19-24-12-5-1-2-6-13(12)32-19)26-28(16(11)14)10-4-3-7-27(9-10)20(30)31/h1-2,5-6,8,10H,3-4,7,9H2,(H2,22,23)(H,30,31)(H,24,25,29). The van der Waals surface area contributed by atoms with Crippen molar-refractivity contribution < 1.29 is 19.1 Å². The van der Waals surface area contributed by atoms with Crippen LogP contribution in [0.4, 0.5) is 16.6 Å². The molecule has 12 heteroatoms. The van der Waals surface area contributed by atoms with E-state index < -0.39 is 12.0 Å². The number of hydrogen-bond donors (Lipinski definition) is 3. The SMILES string of the molecule is Nc1ncc(Cl)c2c1c(C(=O)Nc1nc3ccccc3o1)nn2C1CCCN(C(=O)O)C1. The zero-order valence-corrected chi connectivity index (χ0v) is 17.4. The van der Waals surface area contributed by atoms with Crippen LogP contribution in [0.5, 0.6) is 0 Å². The first-order valence-electron chi connectivity index (χ1n) is 9.89. The minimum Gasteiger partial charge on any atom is -0.465 e. The van der Waals surface area contributed by atoms with Gasteiger partial charge >= 0.3 is 12.1 Å². The first kappa shape index (κ1) is 20.1. The van der Waals surface area contributed by atoms with E-state index in [9.17, 15) is 14.7 Å². The largest absolute Gasteiger partial charge is 0.465 e. The highest BCUT2D eigenvalue weighted by Gasteiger charge is 2.30. The lowest BCUT2D eigenvalue weighted by molar-refractivity contribution is 0.101. The van der Waals surface area contributed by atoms with E-state index in [0.29, 0.717) is 41.4 Å². The Labute approximate surface area is 185 Å². The molecule has 1 unspecified atom stereocenters. The van der Waals surface area contributed by atoms with Gasteiger partial charge in [0.05, 0.1) is 28.2 Å². The number of likely N-dealkylation sites (tertiary alicyclic amines) is 1. The zero-order valence-electron chi connectivity index (χ0n) is 16.7. The van der Waals surface area contributed by atoms with E-state index >= 15 is 0 Å². The molecule has 164 valence electrons. The number of aromatic nitrogens is 4. The zero-order chi connectivity index (χ0) is 22.4. The molecule has 1 atom stereocenters. The number of oxazole rings is 1. The molecule has 2 amide bonds. The first-order valence-corrected chi connectivity index (χ1v) is 10.3. The monoisotopic (exact) mass is 455 g/mol. The molecule has 1 aliphatic rings. The van der Waals surface area contributed by atoms with Gasteiger partial charge in [-0.2, -0.15) is 10.1 Å². The molecule has 0 bridgehead atoms. The van der Waals surface area contributed by atoms with Crippen LogP contribution in [0.25, 0.3) is 22.0 Å². The maximum atomic E-state index is 13.1. The van der Waals surface area contributed by atoms with Gasteiger partial charge in [0.2, 0.25) is 0 Å². The third kappa shape index (κ3) is 3.36. The lowest BCUT2D eigenvalue weighted by Gasteiger charge is -2.31. The van der Waals surface area contributed by atoms with Crippen molar-refractivity contribution in [3.05, 3.63) is 41.2 Å². The number of fused-ring (bicyclic) bond motifs is 2. The normalized spacial score (nSPS) is 16.5. The van der Waals surface area contributed by atoms with Gasteiger partial charge in [0.1, 0.15) is 11.3 Å². The van der Waals surface area contributed by atoms with E-state index in [1.54, 1.807) is 22.9 Å². The fourth-order valence-electron chi connectivity index (χ4n) is 3.99. The maximum absolute atomic E-state index is 13.1. The molecule has 1 saturated heterocycles. The van der Waals surface area contributed by atoms with E-state index in [1.807, 2.05) is 6.07 Å². The molecule has 11 nitrogen and oxygen atoms in total. The van der Waals surface area contributed by atoms with Gasteiger partial charge in [-0.15, -0.1) is 0 Å². The van der Waals surface area contributed by atoms with E-state index in [2.05, 4.69) is 20.4 Å². The third-order valence-corrected chi connectivity index (χ3v) is 5.73. The number of halogens is 1. The van der Waals surface area contributed by atoms with Gasteiger partial charge in [0.15, 0.2) is 11.3 Å². The van der Waals surface area contributed by atoms with Crippen molar-refractivity contribution in [3.8, 4) is 0 Å². The number of carboxylic acid groups (broad SMARTS) is 1. The van der Waals surface area contributed by atoms with Crippen molar-refractivity contribution in [2.24, 2.45) is 0 Å². The molecule has 4 aromatic rings. The fraction of sp³-hybridized carbons (Fsp3) is 0.250. The number of nitrogens with one attached hydrogen (secondary N) is 1. The predicted molar refractivity (Wildman–Crippen MR) is 117 cm³/mol. The van der Waals surface area contributed by atoms with E-state index in [1.165, 1.54) is 11.1 Å². The van der Waals surface area contributed by atoms with Crippen LogP contribution in [-0.2, 0) is 0 Å². The third-order valence-electron chi connectivity index (χ3n) is 5.45. The van der Waals surface area contributed by atoms with E-state index in [-0.39, 0.29) is 35.1 Å². The minimum absolute atomic E-state index is 0.00204. The summed E-state index contributed by atoms with van der Waals surface area (Å²) in [5.41, 5.74) is 7.64. The summed E-state index contributed by atoms with van der Waals surface area (Å²) in [7, 11) is 0. The van der Waals surface area contributed by atoms with Crippen molar-refractivity contribution in [2.45, 2.75) is 18.9 Å². The topological polar surface area (TPSA) is 152 Å². The Morgan fingerprint density at radius 1 is 1.31 bits per heavy atom. The molecule has 4 N–H and O–H groups in total. The summed E-state index contributed by atoms with van der Waals surface area (Å²) in [5, 5.41) is 17.0. The fourth-order valence-corrected chi connectivity index (χ4v) is 4.22. The molecular formula is C20H18ClN7O4. The molecule has 0 spiro atoms. The van der Waals surface area contributed by atoms with E-state index in [4.69, 9.17) is 21.8 Å². The van der Waals surface area contributed by atoms with Crippen LogP contribution in [0, 0.1) is 0 Å². The van der Waals surface area contributed by atoms with Gasteiger partial charge in [0.25, 0.3) is 5.91 Å². The molecule has 0 aliphatic carbocycles. The van der Waals surface area contributed by atoms with Gasteiger partial charge in [0, 0.05) is 13.1 Å². The van der Waals surface area contributed by atoms with Gasteiger partial charge in [-0.25, -0.2) is 9.78 Å². The molecule has 0 saturated carbocycles. The number of carbonyl (C=O) groups is 2. The highest BCUT2D eigenvalue weighted by Crippen LogP contribution is 2.34. The van der Waals surface area contributed by atoms with Crippen LogP contribution in [0.1, 0.15) is 29.4 Å². The number of anilines is 2. The molecule has 3 aromatic heterocycles. The number of piperidine rings is 1. The van der Waals surface area contributed by atoms with Crippen LogP contribution in [-0.4, -0.2) is 54.8 Å². The average molecular weight is 456 g/mol. The van der Waals surface area contributed by atoms with Crippen molar-refractivity contribution >= 4 is 57.4 Å². The molecule has 0 radical (unpaired) electrons. The molecule has 5 rings (SSSR count). The van der Waals surface area contributed by atoms with Crippen molar-refractivity contribution in [2.75, 3.05) is 24.1 Å². The Balaban J connectivity index is 1.56. The molecule has 1 aromatic carbocycles. The summed E-state index contributed by atoms with van der Waals surface area (Å²) in [6.45, 7) is 0.657. The number of nitrogens with two attached hydrogens (primary N) is 1. The van der Waals surface area contributed by atoms with Crippen LogP contribution in [0.15, 0.2) is 34.9 Å². The summed E-state index contributed by atoms with van der Waals surface area (Å²) in [5.74, 6) is -0.508. The quantitative estimate of drug-likeness (QED) is 0.425. The number of hydrogen-bond acceptors (Lipinski definition) is 7. The Morgan fingerprint density at radius 2 is 2.12 bits per heavy atom. The second-order valence-electron chi connectivity index (χ2n) is 7.47. The number of para-hydroxylation sites is 2. The minimum atomic E-state index is -1.01. The highest BCUT2D eigenvalue weighted by molar-refractivity contribution is 6.36. The Bertz CT molecular complexity index is 1330. The van der Waals surface area contributed by atoms with Crippen molar-refractivity contribution in [1.82, 2.24) is 24.6 Å². The first-order chi connectivity index (χ1) is 15.4. The summed E-state index contributed by atoms with van der Waals surface area (Å²) in [6.07, 6.45) is 1.71. The van der Waals surface area contributed by atoms with Crippen molar-refractivity contribution in [3.63, 3.8) is 0 Å². The number of amides is 2.